The maximum Gasteiger partial charge on any atom is 0.246 e. The summed E-state index contributed by atoms with van der Waals surface area (Å²) in [6, 6.07) is 0. The van der Waals surface area contributed by atoms with Gasteiger partial charge in [-0.05, 0) is 25.9 Å². The second-order valence-corrected chi connectivity index (χ2v) is 7.30. The van der Waals surface area contributed by atoms with Crippen LogP contribution < -0.4 is 5.32 Å². The molecule has 1 N–H and O–H groups in total. The molecule has 1 aromatic rings. The fourth-order valence-corrected chi connectivity index (χ4v) is 3.56. The Morgan fingerprint density at radius 3 is 2.71 bits per heavy atom. The Hall–Kier alpha value is -0.920. The molecule has 0 spiro atoms. The van der Waals surface area contributed by atoms with Crippen molar-refractivity contribution in [3.63, 3.8) is 0 Å². The second kappa shape index (κ2) is 8.51. The molecule has 1 unspecified atom stereocenters. The fourth-order valence-electron chi connectivity index (χ4n) is 2.04. The molecular formula is C14H28N4O2S. The Morgan fingerprint density at radius 1 is 1.43 bits per heavy atom. The van der Waals surface area contributed by atoms with Crippen LogP contribution in [-0.4, -0.2) is 49.2 Å². The van der Waals surface area contributed by atoms with Gasteiger partial charge in [-0.1, -0.05) is 27.2 Å². The fraction of sp³-hybridized carbons (Fsp3) is 0.786. The van der Waals surface area contributed by atoms with Gasteiger partial charge >= 0.3 is 0 Å². The summed E-state index contributed by atoms with van der Waals surface area (Å²) in [4.78, 5) is 0.289. The van der Waals surface area contributed by atoms with Crippen LogP contribution >= 0.6 is 0 Å². The van der Waals surface area contributed by atoms with Gasteiger partial charge in [-0.2, -0.15) is 9.40 Å². The van der Waals surface area contributed by atoms with Crippen molar-refractivity contribution in [2.24, 2.45) is 5.92 Å². The summed E-state index contributed by atoms with van der Waals surface area (Å²) in [5.74, 6) is 0.352. The zero-order valence-corrected chi connectivity index (χ0v) is 14.4. The largest absolute Gasteiger partial charge is 0.320 e. The Morgan fingerprint density at radius 2 is 2.14 bits per heavy atom. The number of sulfonamides is 1. The summed E-state index contributed by atoms with van der Waals surface area (Å²) < 4.78 is 28.5. The minimum atomic E-state index is -3.43. The summed E-state index contributed by atoms with van der Waals surface area (Å²) in [6.07, 6.45) is 4.97. The van der Waals surface area contributed by atoms with Crippen molar-refractivity contribution in [3.8, 4) is 0 Å². The monoisotopic (exact) mass is 316 g/mol. The van der Waals surface area contributed by atoms with Crippen molar-refractivity contribution in [2.45, 2.75) is 45.1 Å². The van der Waals surface area contributed by atoms with E-state index < -0.39 is 10.0 Å². The first-order chi connectivity index (χ1) is 9.95. The molecule has 6 nitrogen and oxygen atoms in total. The lowest BCUT2D eigenvalue weighted by atomic mass is 10.1. The van der Waals surface area contributed by atoms with Gasteiger partial charge in [0.05, 0.1) is 6.20 Å². The molecule has 0 saturated carbocycles. The van der Waals surface area contributed by atoms with Gasteiger partial charge in [0, 0.05) is 25.8 Å². The third-order valence-electron chi connectivity index (χ3n) is 3.63. The van der Waals surface area contributed by atoms with Crippen molar-refractivity contribution in [3.05, 3.63) is 12.4 Å². The molecule has 0 bridgehead atoms. The molecule has 0 aliphatic rings. The van der Waals surface area contributed by atoms with Crippen molar-refractivity contribution in [1.82, 2.24) is 19.4 Å². The van der Waals surface area contributed by atoms with Gasteiger partial charge in [0.15, 0.2) is 0 Å². The van der Waals surface area contributed by atoms with Crippen LogP contribution in [0, 0.1) is 5.92 Å². The number of hydrogen-bond acceptors (Lipinski definition) is 4. The molecule has 7 heteroatoms. The smallest absolute Gasteiger partial charge is 0.246 e. The summed E-state index contributed by atoms with van der Waals surface area (Å²) in [5, 5.41) is 7.22. The third kappa shape index (κ3) is 5.09. The molecule has 0 aromatic carbocycles. The van der Waals surface area contributed by atoms with Gasteiger partial charge in [0.1, 0.15) is 4.90 Å². The van der Waals surface area contributed by atoms with E-state index in [1.807, 2.05) is 14.0 Å². The van der Waals surface area contributed by atoms with Crippen LogP contribution in [0.3, 0.4) is 0 Å². The zero-order chi connectivity index (χ0) is 15.9. The average Bonchev–Trinajstić information content (AvgIpc) is 2.94. The van der Waals surface area contributed by atoms with Crippen molar-refractivity contribution < 1.29 is 8.42 Å². The predicted molar refractivity (Wildman–Crippen MR) is 84.7 cm³/mol. The summed E-state index contributed by atoms with van der Waals surface area (Å²) in [6.45, 7) is 8.66. The predicted octanol–water partition coefficient (Wildman–Crippen LogP) is 1.55. The highest BCUT2D eigenvalue weighted by Gasteiger charge is 2.25. The lowest BCUT2D eigenvalue weighted by molar-refractivity contribution is 0.361. The minimum absolute atomic E-state index is 0.289. The highest BCUT2D eigenvalue weighted by molar-refractivity contribution is 7.89. The Balaban J connectivity index is 2.81. The van der Waals surface area contributed by atoms with E-state index >= 15 is 0 Å². The molecule has 0 radical (unpaired) electrons. The van der Waals surface area contributed by atoms with E-state index in [9.17, 15) is 8.42 Å². The Labute approximate surface area is 128 Å². The molecule has 0 aliphatic carbocycles. The standard InChI is InChI=1S/C14H28N4O2S/c1-5-13(3)11-18(6-2)21(19,20)14-10-16-17(12-14)9-7-8-15-4/h10,12-13,15H,5-9,11H2,1-4H3. The van der Waals surface area contributed by atoms with Crippen LogP contribution in [0.2, 0.25) is 0 Å². The Kier molecular flexibility index (Phi) is 7.34. The molecule has 1 atom stereocenters. The summed E-state index contributed by atoms with van der Waals surface area (Å²) in [5.41, 5.74) is 0. The zero-order valence-electron chi connectivity index (χ0n) is 13.5. The quantitative estimate of drug-likeness (QED) is 0.665. The third-order valence-corrected chi connectivity index (χ3v) is 5.52. The highest BCUT2D eigenvalue weighted by atomic mass is 32.2. The molecule has 0 amide bonds. The van der Waals surface area contributed by atoms with Crippen molar-refractivity contribution in [1.29, 1.82) is 0 Å². The first-order valence-corrected chi connectivity index (χ1v) is 9.06. The van der Waals surface area contributed by atoms with Crippen LogP contribution in [0.1, 0.15) is 33.6 Å². The second-order valence-electron chi connectivity index (χ2n) is 5.37. The van der Waals surface area contributed by atoms with E-state index in [0.717, 1.165) is 19.4 Å². The number of aromatic nitrogens is 2. The average molecular weight is 316 g/mol. The van der Waals surface area contributed by atoms with Gasteiger partial charge in [-0.15, -0.1) is 0 Å². The minimum Gasteiger partial charge on any atom is -0.320 e. The normalized spacial score (nSPS) is 13.8. The van der Waals surface area contributed by atoms with E-state index in [2.05, 4.69) is 24.3 Å². The van der Waals surface area contributed by atoms with Crippen LogP contribution in [0.15, 0.2) is 17.3 Å². The van der Waals surface area contributed by atoms with E-state index in [0.29, 0.717) is 25.6 Å². The topological polar surface area (TPSA) is 67.2 Å². The first-order valence-electron chi connectivity index (χ1n) is 7.62. The number of nitrogens with zero attached hydrogens (tertiary/aromatic N) is 3. The van der Waals surface area contributed by atoms with Crippen LogP contribution in [0.4, 0.5) is 0 Å². The van der Waals surface area contributed by atoms with Crippen LogP contribution in [-0.2, 0) is 16.6 Å². The molecule has 0 aliphatic heterocycles. The number of hydrogen-bond donors (Lipinski definition) is 1. The van der Waals surface area contributed by atoms with Crippen molar-refractivity contribution in [2.75, 3.05) is 26.7 Å². The summed E-state index contributed by atoms with van der Waals surface area (Å²) in [7, 11) is -1.54. The molecule has 1 aromatic heterocycles. The van der Waals surface area contributed by atoms with E-state index in [4.69, 9.17) is 0 Å². The molecule has 1 heterocycles. The number of nitrogens with one attached hydrogen (secondary N) is 1. The SMILES string of the molecule is CCC(C)CN(CC)S(=O)(=O)c1cnn(CCCNC)c1. The van der Waals surface area contributed by atoms with Crippen LogP contribution in [0.25, 0.3) is 0 Å². The first kappa shape index (κ1) is 18.1. The van der Waals surface area contributed by atoms with E-state index in [-0.39, 0.29) is 4.90 Å². The molecule has 1 rings (SSSR count). The Bertz CT molecular complexity index is 513. The molecule has 21 heavy (non-hydrogen) atoms. The maximum atomic E-state index is 12.6. The molecule has 0 fully saturated rings. The van der Waals surface area contributed by atoms with E-state index in [1.165, 1.54) is 10.5 Å². The molecular weight excluding hydrogens is 288 g/mol. The van der Waals surface area contributed by atoms with Crippen LogP contribution in [0.5, 0.6) is 0 Å². The lowest BCUT2D eigenvalue weighted by Gasteiger charge is -2.22. The summed E-state index contributed by atoms with van der Waals surface area (Å²) >= 11 is 0. The maximum absolute atomic E-state index is 12.6. The van der Waals surface area contributed by atoms with E-state index in [1.54, 1.807) is 10.9 Å². The highest BCUT2D eigenvalue weighted by Crippen LogP contribution is 2.17. The number of aryl methyl sites for hydroxylation is 1. The molecule has 122 valence electrons. The van der Waals surface area contributed by atoms with Gasteiger partial charge in [-0.3, -0.25) is 4.68 Å². The van der Waals surface area contributed by atoms with Gasteiger partial charge in [0.2, 0.25) is 10.0 Å². The van der Waals surface area contributed by atoms with Gasteiger partial charge < -0.3 is 5.32 Å². The number of rotatable bonds is 10. The van der Waals surface area contributed by atoms with Crippen molar-refractivity contribution >= 4 is 10.0 Å². The molecule has 0 saturated heterocycles. The van der Waals surface area contributed by atoms with Gasteiger partial charge in [-0.25, -0.2) is 8.42 Å². The van der Waals surface area contributed by atoms with Gasteiger partial charge in [0.25, 0.3) is 0 Å². The lowest BCUT2D eigenvalue weighted by Crippen LogP contribution is -2.34.